The maximum Gasteiger partial charge on any atom is 0.312 e. The summed E-state index contributed by atoms with van der Waals surface area (Å²) in [5, 5.41) is 16.6. The first-order chi connectivity index (χ1) is 9.40. The van der Waals surface area contributed by atoms with E-state index in [0.717, 1.165) is 0 Å². The number of rotatable bonds is 7. The molecule has 0 aliphatic heterocycles. The van der Waals surface area contributed by atoms with Gasteiger partial charge in [0.2, 0.25) is 11.7 Å². The lowest BCUT2D eigenvalue weighted by atomic mass is 10.2. The fourth-order valence-corrected chi connectivity index (χ4v) is 1.56. The van der Waals surface area contributed by atoms with Crippen molar-refractivity contribution in [2.24, 2.45) is 5.92 Å². The zero-order chi connectivity index (χ0) is 15.1. The zero-order valence-electron chi connectivity index (χ0n) is 11.4. The van der Waals surface area contributed by atoms with Crippen molar-refractivity contribution in [2.45, 2.75) is 20.3 Å². The van der Waals surface area contributed by atoms with Crippen molar-refractivity contribution in [2.75, 3.05) is 18.4 Å². The van der Waals surface area contributed by atoms with Gasteiger partial charge in [-0.3, -0.25) is 14.9 Å². The number of nitro groups is 1. The van der Waals surface area contributed by atoms with Crippen LogP contribution in [0.2, 0.25) is 5.02 Å². The highest BCUT2D eigenvalue weighted by atomic mass is 35.5. The van der Waals surface area contributed by atoms with Gasteiger partial charge in [0.25, 0.3) is 0 Å². The van der Waals surface area contributed by atoms with E-state index >= 15 is 0 Å². The van der Waals surface area contributed by atoms with E-state index < -0.39 is 4.92 Å². The molecular weight excluding hydrogens is 284 g/mol. The van der Waals surface area contributed by atoms with Gasteiger partial charge in [0.1, 0.15) is 0 Å². The quantitative estimate of drug-likeness (QED) is 0.594. The van der Waals surface area contributed by atoms with Crippen LogP contribution in [0.5, 0.6) is 0 Å². The predicted octanol–water partition coefficient (Wildman–Crippen LogP) is 2.22. The summed E-state index contributed by atoms with van der Waals surface area (Å²) >= 11 is 5.66. The standard InChI is InChI=1S/C12H17ClN4O3/c1-8(2)6-15-11(18)3-4-14-12-10(17(19)20)5-9(13)7-16-12/h5,7-8H,3-4,6H2,1-2H3,(H,14,16)(H,15,18). The summed E-state index contributed by atoms with van der Waals surface area (Å²) < 4.78 is 0. The summed E-state index contributed by atoms with van der Waals surface area (Å²) in [6.07, 6.45) is 1.53. The van der Waals surface area contributed by atoms with Crippen LogP contribution < -0.4 is 10.6 Å². The van der Waals surface area contributed by atoms with E-state index in [4.69, 9.17) is 11.6 Å². The molecule has 0 spiro atoms. The van der Waals surface area contributed by atoms with Crippen molar-refractivity contribution in [3.8, 4) is 0 Å². The van der Waals surface area contributed by atoms with Gasteiger partial charge < -0.3 is 10.6 Å². The molecule has 8 heteroatoms. The van der Waals surface area contributed by atoms with Gasteiger partial charge in [0.05, 0.1) is 9.95 Å². The maximum absolute atomic E-state index is 11.5. The van der Waals surface area contributed by atoms with E-state index in [2.05, 4.69) is 15.6 Å². The van der Waals surface area contributed by atoms with E-state index in [0.29, 0.717) is 12.5 Å². The monoisotopic (exact) mass is 300 g/mol. The van der Waals surface area contributed by atoms with Crippen molar-refractivity contribution >= 4 is 29.0 Å². The lowest BCUT2D eigenvalue weighted by molar-refractivity contribution is -0.384. The minimum atomic E-state index is -0.569. The summed E-state index contributed by atoms with van der Waals surface area (Å²) in [7, 11) is 0. The average molecular weight is 301 g/mol. The molecule has 0 saturated heterocycles. The topological polar surface area (TPSA) is 97.2 Å². The Labute approximate surface area is 121 Å². The van der Waals surface area contributed by atoms with Crippen molar-refractivity contribution < 1.29 is 9.72 Å². The molecule has 110 valence electrons. The van der Waals surface area contributed by atoms with Crippen molar-refractivity contribution in [3.63, 3.8) is 0 Å². The highest BCUT2D eigenvalue weighted by Crippen LogP contribution is 2.24. The first-order valence-electron chi connectivity index (χ1n) is 6.20. The molecule has 0 aliphatic carbocycles. The highest BCUT2D eigenvalue weighted by molar-refractivity contribution is 6.30. The fraction of sp³-hybridized carbons (Fsp3) is 0.500. The van der Waals surface area contributed by atoms with E-state index in [-0.39, 0.29) is 35.4 Å². The number of amides is 1. The number of nitrogens with one attached hydrogen (secondary N) is 2. The van der Waals surface area contributed by atoms with Crippen LogP contribution in [0, 0.1) is 16.0 Å². The van der Waals surface area contributed by atoms with Crippen molar-refractivity contribution in [3.05, 3.63) is 27.4 Å². The molecule has 1 aromatic heterocycles. The molecule has 1 amide bonds. The SMILES string of the molecule is CC(C)CNC(=O)CCNc1ncc(Cl)cc1[N+](=O)[O-]. The van der Waals surface area contributed by atoms with E-state index in [9.17, 15) is 14.9 Å². The van der Waals surface area contributed by atoms with Crippen LogP contribution in [0.4, 0.5) is 11.5 Å². The first kappa shape index (κ1) is 16.2. The Morgan fingerprint density at radius 1 is 1.55 bits per heavy atom. The molecule has 2 N–H and O–H groups in total. The summed E-state index contributed by atoms with van der Waals surface area (Å²) in [4.78, 5) is 25.6. The normalized spacial score (nSPS) is 10.4. The highest BCUT2D eigenvalue weighted by Gasteiger charge is 2.15. The fourth-order valence-electron chi connectivity index (χ4n) is 1.40. The summed E-state index contributed by atoms with van der Waals surface area (Å²) in [5.41, 5.74) is -0.208. The maximum atomic E-state index is 11.5. The van der Waals surface area contributed by atoms with Gasteiger partial charge in [0.15, 0.2) is 0 Å². The molecule has 7 nitrogen and oxygen atoms in total. The number of anilines is 1. The van der Waals surface area contributed by atoms with Crippen LogP contribution in [0.3, 0.4) is 0 Å². The van der Waals surface area contributed by atoms with Crippen LogP contribution >= 0.6 is 11.6 Å². The Morgan fingerprint density at radius 3 is 2.85 bits per heavy atom. The Bertz CT molecular complexity index is 494. The third-order valence-corrected chi connectivity index (χ3v) is 2.59. The molecule has 0 saturated carbocycles. The Kier molecular flexibility index (Phi) is 6.17. The first-order valence-corrected chi connectivity index (χ1v) is 6.58. The molecule has 1 aromatic rings. The van der Waals surface area contributed by atoms with Gasteiger partial charge in [-0.05, 0) is 5.92 Å². The Balaban J connectivity index is 2.50. The third-order valence-electron chi connectivity index (χ3n) is 2.38. The Hall–Kier alpha value is -1.89. The van der Waals surface area contributed by atoms with Gasteiger partial charge in [-0.25, -0.2) is 4.98 Å². The number of pyridine rings is 1. The van der Waals surface area contributed by atoms with Crippen LogP contribution in [0.1, 0.15) is 20.3 Å². The summed E-state index contributed by atoms with van der Waals surface area (Å²) in [6.45, 7) is 4.87. The number of carbonyl (C=O) groups excluding carboxylic acids is 1. The molecule has 0 bridgehead atoms. The smallest absolute Gasteiger partial charge is 0.312 e. The molecule has 0 aromatic carbocycles. The number of hydrogen-bond acceptors (Lipinski definition) is 5. The third kappa shape index (κ3) is 5.40. The molecule has 1 rings (SSSR count). The van der Waals surface area contributed by atoms with Crippen LogP contribution in [-0.2, 0) is 4.79 Å². The second-order valence-corrected chi connectivity index (χ2v) is 5.09. The molecule has 20 heavy (non-hydrogen) atoms. The summed E-state index contributed by atoms with van der Waals surface area (Å²) in [6, 6.07) is 1.22. The number of hydrogen-bond donors (Lipinski definition) is 2. The molecule has 0 fully saturated rings. The van der Waals surface area contributed by atoms with Crippen molar-refractivity contribution in [1.29, 1.82) is 0 Å². The minimum absolute atomic E-state index is 0.107. The number of aromatic nitrogens is 1. The van der Waals surface area contributed by atoms with E-state index in [1.807, 2.05) is 13.8 Å². The van der Waals surface area contributed by atoms with Gasteiger partial charge >= 0.3 is 5.69 Å². The van der Waals surface area contributed by atoms with Gasteiger partial charge in [-0.2, -0.15) is 0 Å². The number of carbonyl (C=O) groups is 1. The minimum Gasteiger partial charge on any atom is -0.364 e. The van der Waals surface area contributed by atoms with Crippen LogP contribution in [-0.4, -0.2) is 28.9 Å². The molecule has 1 heterocycles. The zero-order valence-corrected chi connectivity index (χ0v) is 12.1. The van der Waals surface area contributed by atoms with Crippen LogP contribution in [0.25, 0.3) is 0 Å². The molecule has 0 atom stereocenters. The molecule has 0 radical (unpaired) electrons. The summed E-state index contributed by atoms with van der Waals surface area (Å²) in [5.74, 6) is 0.379. The second kappa shape index (κ2) is 7.64. The van der Waals surface area contributed by atoms with Crippen molar-refractivity contribution in [1.82, 2.24) is 10.3 Å². The van der Waals surface area contributed by atoms with Gasteiger partial charge in [0, 0.05) is 31.8 Å². The largest absolute Gasteiger partial charge is 0.364 e. The number of halogens is 1. The lowest BCUT2D eigenvalue weighted by Crippen LogP contribution is -2.28. The number of nitrogens with zero attached hydrogens (tertiary/aromatic N) is 2. The molecule has 0 aliphatic rings. The lowest BCUT2D eigenvalue weighted by Gasteiger charge is -2.08. The Morgan fingerprint density at radius 2 is 2.25 bits per heavy atom. The van der Waals surface area contributed by atoms with Gasteiger partial charge in [-0.1, -0.05) is 25.4 Å². The van der Waals surface area contributed by atoms with Crippen LogP contribution in [0.15, 0.2) is 12.3 Å². The van der Waals surface area contributed by atoms with Gasteiger partial charge in [-0.15, -0.1) is 0 Å². The average Bonchev–Trinajstić information content (AvgIpc) is 2.37. The van der Waals surface area contributed by atoms with E-state index in [1.54, 1.807) is 0 Å². The second-order valence-electron chi connectivity index (χ2n) is 4.65. The molecule has 0 unspecified atom stereocenters. The van der Waals surface area contributed by atoms with E-state index in [1.165, 1.54) is 12.3 Å². The molecular formula is C12H17ClN4O3. The predicted molar refractivity (Wildman–Crippen MR) is 76.9 cm³/mol.